The van der Waals surface area contributed by atoms with Gasteiger partial charge in [0.15, 0.2) is 5.82 Å². The lowest BCUT2D eigenvalue weighted by Gasteiger charge is -2.12. The Morgan fingerprint density at radius 2 is 1.62 bits per heavy atom. The average molecular weight is 445 g/mol. The van der Waals surface area contributed by atoms with E-state index in [9.17, 15) is 4.79 Å². The molecule has 0 amide bonds. The van der Waals surface area contributed by atoms with E-state index in [2.05, 4.69) is 38.3 Å². The molecule has 0 saturated carbocycles. The molecule has 0 atom stereocenters. The summed E-state index contributed by atoms with van der Waals surface area (Å²) < 4.78 is 4.66. The molecule has 29 heavy (non-hydrogen) atoms. The summed E-state index contributed by atoms with van der Waals surface area (Å²) in [4.78, 5) is 13.3. The van der Waals surface area contributed by atoms with Gasteiger partial charge in [-0.1, -0.05) is 70.0 Å². The van der Waals surface area contributed by atoms with Crippen molar-refractivity contribution in [3.8, 4) is 11.4 Å². The lowest BCUT2D eigenvalue weighted by molar-refractivity contribution is 0.766. The highest BCUT2D eigenvalue weighted by Gasteiger charge is 2.17. The molecule has 2 heterocycles. The maximum atomic E-state index is 13.3. The maximum absolute atomic E-state index is 13.3. The summed E-state index contributed by atoms with van der Waals surface area (Å²) >= 11 is 3.47. The zero-order valence-corrected chi connectivity index (χ0v) is 17.3. The minimum absolute atomic E-state index is 0.0663. The van der Waals surface area contributed by atoms with Crippen LogP contribution in [0, 0.1) is 6.92 Å². The van der Waals surface area contributed by atoms with Gasteiger partial charge in [-0.3, -0.25) is 13.8 Å². The van der Waals surface area contributed by atoms with Crippen molar-refractivity contribution in [2.24, 2.45) is 0 Å². The molecule has 2 aromatic heterocycles. The molecule has 0 fully saturated rings. The molecule has 0 bridgehead atoms. The van der Waals surface area contributed by atoms with Crippen LogP contribution in [-0.4, -0.2) is 19.2 Å². The Kier molecular flexibility index (Phi) is 4.28. The molecule has 142 valence electrons. The Labute approximate surface area is 175 Å². The van der Waals surface area contributed by atoms with Gasteiger partial charge in [0.05, 0.1) is 17.4 Å². The van der Waals surface area contributed by atoms with Gasteiger partial charge in [-0.2, -0.15) is 0 Å². The van der Waals surface area contributed by atoms with Crippen LogP contribution in [0.3, 0.4) is 0 Å². The third-order valence-corrected chi connectivity index (χ3v) is 5.60. The van der Waals surface area contributed by atoms with E-state index in [-0.39, 0.29) is 5.56 Å². The summed E-state index contributed by atoms with van der Waals surface area (Å²) in [5, 5.41) is 9.49. The normalized spacial score (nSPS) is 11.4. The molecule has 0 aliphatic rings. The summed E-state index contributed by atoms with van der Waals surface area (Å²) in [6, 6.07) is 23.7. The molecule has 5 rings (SSSR count). The van der Waals surface area contributed by atoms with E-state index in [0.717, 1.165) is 21.1 Å². The number of benzene rings is 3. The van der Waals surface area contributed by atoms with Crippen molar-refractivity contribution < 1.29 is 0 Å². The molecule has 0 saturated heterocycles. The first-order valence-electron chi connectivity index (χ1n) is 9.30. The Bertz CT molecular complexity index is 1400. The second-order valence-corrected chi connectivity index (χ2v) is 7.98. The number of hydrogen-bond acceptors (Lipinski definition) is 3. The van der Waals surface area contributed by atoms with Crippen LogP contribution in [0.2, 0.25) is 0 Å². The zero-order valence-electron chi connectivity index (χ0n) is 15.7. The van der Waals surface area contributed by atoms with Crippen molar-refractivity contribution in [1.29, 1.82) is 0 Å². The minimum Gasteiger partial charge on any atom is -0.272 e. The number of hydrogen-bond donors (Lipinski definition) is 0. The van der Waals surface area contributed by atoms with Crippen molar-refractivity contribution in [2.75, 3.05) is 0 Å². The minimum atomic E-state index is -0.0663. The molecule has 0 radical (unpaired) electrons. The van der Waals surface area contributed by atoms with E-state index in [0.29, 0.717) is 23.5 Å². The Morgan fingerprint density at radius 3 is 2.38 bits per heavy atom. The molecular weight excluding hydrogens is 428 g/mol. The van der Waals surface area contributed by atoms with Gasteiger partial charge in [0.25, 0.3) is 5.56 Å². The van der Waals surface area contributed by atoms with Crippen molar-refractivity contribution in [3.05, 3.63) is 98.7 Å². The van der Waals surface area contributed by atoms with Crippen LogP contribution in [0.15, 0.2) is 82.1 Å². The molecule has 3 aromatic carbocycles. The predicted molar refractivity (Wildman–Crippen MR) is 118 cm³/mol. The van der Waals surface area contributed by atoms with Crippen molar-refractivity contribution in [1.82, 2.24) is 19.2 Å². The summed E-state index contributed by atoms with van der Waals surface area (Å²) in [5.74, 6) is 1.24. The standard InChI is InChI=1S/C23H17BrN4O/c1-15-6-8-16(9-7-15)14-27-22(29)19-4-2-3-5-20(19)28-21(25-26-23(27)28)17-10-12-18(24)13-11-17/h2-13H,14H2,1H3. The van der Waals surface area contributed by atoms with Crippen molar-refractivity contribution in [2.45, 2.75) is 13.5 Å². The highest BCUT2D eigenvalue weighted by Crippen LogP contribution is 2.24. The Balaban J connectivity index is 1.81. The van der Waals surface area contributed by atoms with Gasteiger partial charge >= 0.3 is 0 Å². The molecule has 0 aliphatic carbocycles. The molecule has 0 aliphatic heterocycles. The Morgan fingerprint density at radius 1 is 0.897 bits per heavy atom. The number of fused-ring (bicyclic) bond motifs is 3. The first-order chi connectivity index (χ1) is 14.1. The number of halogens is 1. The smallest absolute Gasteiger partial charge is 0.263 e. The summed E-state index contributed by atoms with van der Waals surface area (Å²) in [5.41, 5.74) is 3.90. The molecule has 0 spiro atoms. The van der Waals surface area contributed by atoms with Gasteiger partial charge in [-0.15, -0.1) is 10.2 Å². The van der Waals surface area contributed by atoms with E-state index < -0.39 is 0 Å². The fourth-order valence-corrected chi connectivity index (χ4v) is 3.83. The molecule has 0 N–H and O–H groups in total. The van der Waals surface area contributed by atoms with E-state index >= 15 is 0 Å². The number of rotatable bonds is 3. The van der Waals surface area contributed by atoms with Gasteiger partial charge in [0, 0.05) is 10.0 Å². The number of aryl methyl sites for hydroxylation is 1. The Hall–Kier alpha value is -3.25. The van der Waals surface area contributed by atoms with Crippen LogP contribution < -0.4 is 5.56 Å². The highest BCUT2D eigenvalue weighted by atomic mass is 79.9. The first-order valence-corrected chi connectivity index (χ1v) is 10.1. The first kappa shape index (κ1) is 17.8. The lowest BCUT2D eigenvalue weighted by Crippen LogP contribution is -2.24. The third kappa shape index (κ3) is 3.06. The van der Waals surface area contributed by atoms with Crippen molar-refractivity contribution >= 4 is 32.6 Å². The largest absolute Gasteiger partial charge is 0.272 e. The second kappa shape index (κ2) is 6.97. The molecule has 0 unspecified atom stereocenters. The van der Waals surface area contributed by atoms with Gasteiger partial charge in [-0.25, -0.2) is 0 Å². The number of para-hydroxylation sites is 1. The summed E-state index contributed by atoms with van der Waals surface area (Å²) in [6.45, 7) is 2.49. The van der Waals surface area contributed by atoms with E-state index in [4.69, 9.17) is 0 Å². The number of aromatic nitrogens is 4. The van der Waals surface area contributed by atoms with Gasteiger partial charge in [-0.05, 0) is 36.8 Å². The van der Waals surface area contributed by atoms with Gasteiger partial charge in [0.1, 0.15) is 0 Å². The van der Waals surface area contributed by atoms with E-state index in [1.807, 2.05) is 72.0 Å². The predicted octanol–water partition coefficient (Wildman–Crippen LogP) is 4.83. The van der Waals surface area contributed by atoms with Crippen LogP contribution in [0.5, 0.6) is 0 Å². The molecule has 5 nitrogen and oxygen atoms in total. The van der Waals surface area contributed by atoms with Gasteiger partial charge < -0.3 is 0 Å². The van der Waals surface area contributed by atoms with Crippen LogP contribution >= 0.6 is 15.9 Å². The number of nitrogens with zero attached hydrogens (tertiary/aromatic N) is 4. The van der Waals surface area contributed by atoms with Crippen LogP contribution in [0.4, 0.5) is 0 Å². The van der Waals surface area contributed by atoms with Crippen LogP contribution in [-0.2, 0) is 6.54 Å². The highest BCUT2D eigenvalue weighted by molar-refractivity contribution is 9.10. The van der Waals surface area contributed by atoms with Crippen LogP contribution in [0.25, 0.3) is 28.1 Å². The van der Waals surface area contributed by atoms with Crippen LogP contribution in [0.1, 0.15) is 11.1 Å². The summed E-state index contributed by atoms with van der Waals surface area (Å²) in [7, 11) is 0. The second-order valence-electron chi connectivity index (χ2n) is 7.06. The van der Waals surface area contributed by atoms with Crippen molar-refractivity contribution in [3.63, 3.8) is 0 Å². The lowest BCUT2D eigenvalue weighted by atomic mass is 10.1. The molecule has 5 aromatic rings. The monoisotopic (exact) mass is 444 g/mol. The molecule has 6 heteroatoms. The SMILES string of the molecule is Cc1ccc(Cn2c(=O)c3ccccc3n3c(-c4ccc(Br)cc4)nnc23)cc1. The third-order valence-electron chi connectivity index (χ3n) is 5.07. The zero-order chi connectivity index (χ0) is 20.0. The van der Waals surface area contributed by atoms with E-state index in [1.165, 1.54) is 5.56 Å². The van der Waals surface area contributed by atoms with E-state index in [1.54, 1.807) is 4.57 Å². The molecular formula is C23H17BrN4O. The fourth-order valence-electron chi connectivity index (χ4n) is 3.56. The van der Waals surface area contributed by atoms with Gasteiger partial charge in [0.2, 0.25) is 5.78 Å². The fraction of sp³-hybridized carbons (Fsp3) is 0.0870. The quantitative estimate of drug-likeness (QED) is 0.400. The topological polar surface area (TPSA) is 52.2 Å². The average Bonchev–Trinajstić information content (AvgIpc) is 3.18. The maximum Gasteiger partial charge on any atom is 0.263 e. The summed E-state index contributed by atoms with van der Waals surface area (Å²) in [6.07, 6.45) is 0.